The number of phosphoric acid groups is 1. The van der Waals surface area contributed by atoms with Crippen LogP contribution in [0.5, 0.6) is 0 Å². The molecule has 0 aliphatic rings. The predicted octanol–water partition coefficient (Wildman–Crippen LogP) is 8.20. The number of carbonyl (C=O) groups is 2. The number of rotatable bonds is 33. The van der Waals surface area contributed by atoms with E-state index in [4.69, 9.17) is 19.3 Å². The Morgan fingerprint density at radius 1 is 0.660 bits per heavy atom. The number of esters is 2. The number of aliphatic hydroxyl groups is 3. The fourth-order valence-electron chi connectivity index (χ4n) is 4.74. The average Bonchev–Trinajstić information content (AvgIpc) is 3.11. The summed E-state index contributed by atoms with van der Waals surface area (Å²) < 4.78 is 26.1. The molecule has 0 bridgehead atoms. The first-order chi connectivity index (χ1) is 25.5. The van der Waals surface area contributed by atoms with E-state index >= 15 is 0 Å². The zero-order chi connectivity index (χ0) is 39.4. The van der Waals surface area contributed by atoms with Crippen molar-refractivity contribution in [2.45, 2.75) is 147 Å². The molecule has 11 nitrogen and oxygen atoms in total. The minimum absolute atomic E-state index is 0.0960. The van der Waals surface area contributed by atoms with Crippen molar-refractivity contribution in [1.82, 2.24) is 0 Å². The van der Waals surface area contributed by atoms with Gasteiger partial charge in [-0.05, 0) is 64.2 Å². The molecule has 4 atom stereocenters. The summed E-state index contributed by atoms with van der Waals surface area (Å²) in [5.74, 6) is -1.24. The van der Waals surface area contributed by atoms with Crippen LogP contribution in [-0.4, -0.2) is 74.7 Å². The van der Waals surface area contributed by atoms with E-state index in [0.717, 1.165) is 51.4 Å². The van der Waals surface area contributed by atoms with Crippen LogP contribution in [0.2, 0.25) is 0 Å². The molecule has 5 N–H and O–H groups in total. The highest BCUT2D eigenvalue weighted by atomic mass is 31.2. The normalized spacial score (nSPS) is 15.2. The van der Waals surface area contributed by atoms with Gasteiger partial charge >= 0.3 is 19.8 Å². The summed E-state index contributed by atoms with van der Waals surface area (Å²) in [7, 11) is -4.84. The fraction of sp³-hybridized carbons (Fsp3) is 0.610. The first-order valence-electron chi connectivity index (χ1n) is 19.2. The van der Waals surface area contributed by atoms with Crippen LogP contribution in [0.1, 0.15) is 123 Å². The second-order valence-corrected chi connectivity index (χ2v) is 14.0. The van der Waals surface area contributed by atoms with Gasteiger partial charge < -0.3 is 34.6 Å². The third kappa shape index (κ3) is 35.9. The molecule has 0 amide bonds. The van der Waals surface area contributed by atoms with E-state index in [1.54, 1.807) is 42.5 Å². The summed E-state index contributed by atoms with van der Waals surface area (Å²) in [5, 5.41) is 30.2. The van der Waals surface area contributed by atoms with Gasteiger partial charge in [0.2, 0.25) is 0 Å². The summed E-state index contributed by atoms with van der Waals surface area (Å²) in [6.07, 6.45) is 35.4. The standard InChI is InChI=1S/C41H67O11P/c1-3-5-7-8-9-10-11-12-13-14-15-16-17-22-26-32-41(46)52-37(35-51-53(47,48)49)34-50-40(45)33-27-31-39(44)38(43)30-25-21-19-18-20-24-29-36(42)28-23-6-4-2/h6,9-10,12-13,18-21,23-25,29-30,36-39,42-44H,3-5,7-8,11,14-17,22,26-28,31-35H2,1-2H3,(H2,47,48,49)/b10-9-,13-12-,20-18+,21-19-,23-6-,29-24+,30-25-/t36-,37-,38+,39+/m1/s1. The van der Waals surface area contributed by atoms with E-state index in [1.807, 2.05) is 19.1 Å². The summed E-state index contributed by atoms with van der Waals surface area (Å²) in [4.78, 5) is 42.8. The highest BCUT2D eigenvalue weighted by molar-refractivity contribution is 7.46. The first kappa shape index (κ1) is 50.1. The summed E-state index contributed by atoms with van der Waals surface area (Å²) in [6.45, 7) is 3.13. The van der Waals surface area contributed by atoms with Crippen molar-refractivity contribution >= 4 is 19.8 Å². The molecule has 0 fully saturated rings. The van der Waals surface area contributed by atoms with Crippen LogP contribution in [0.4, 0.5) is 0 Å². The molecule has 0 saturated heterocycles. The maximum absolute atomic E-state index is 12.4. The molecule has 0 aromatic rings. The van der Waals surface area contributed by atoms with Crippen LogP contribution in [0.25, 0.3) is 0 Å². The van der Waals surface area contributed by atoms with E-state index in [1.165, 1.54) is 25.3 Å². The lowest BCUT2D eigenvalue weighted by molar-refractivity contribution is -0.161. The smallest absolute Gasteiger partial charge is 0.462 e. The lowest BCUT2D eigenvalue weighted by Gasteiger charge is -2.18. The second kappa shape index (κ2) is 34.9. The van der Waals surface area contributed by atoms with E-state index in [9.17, 15) is 29.5 Å². The van der Waals surface area contributed by atoms with Gasteiger partial charge in [-0.2, -0.15) is 0 Å². The molecule has 0 radical (unpaired) electrons. The van der Waals surface area contributed by atoms with Crippen molar-refractivity contribution < 1.29 is 53.3 Å². The SMILES string of the molecule is CC/C=C\C[C@@H](O)/C=C/C=C/C=C\C=C/[C@H](O)[C@@H](O)CCCC(=O)OC[C@H](COP(=O)(O)O)OC(=O)CCCCCCC/C=C\C/C=C\CCCCC. The number of hydrogen-bond acceptors (Lipinski definition) is 9. The molecular formula is C41H67O11P. The molecule has 0 aromatic carbocycles. The van der Waals surface area contributed by atoms with Gasteiger partial charge in [0.05, 0.1) is 24.9 Å². The maximum Gasteiger partial charge on any atom is 0.469 e. The monoisotopic (exact) mass is 766 g/mol. The first-order valence-corrected chi connectivity index (χ1v) is 20.7. The van der Waals surface area contributed by atoms with Crippen LogP contribution < -0.4 is 0 Å². The quantitative estimate of drug-likeness (QED) is 0.0143. The molecule has 12 heteroatoms. The summed E-state index contributed by atoms with van der Waals surface area (Å²) in [5.41, 5.74) is 0. The second-order valence-electron chi connectivity index (χ2n) is 12.7. The number of carbonyl (C=O) groups excluding carboxylic acids is 2. The van der Waals surface area contributed by atoms with Gasteiger partial charge in [-0.3, -0.25) is 14.1 Å². The van der Waals surface area contributed by atoms with Crippen molar-refractivity contribution in [2.24, 2.45) is 0 Å². The lowest BCUT2D eigenvalue weighted by Crippen LogP contribution is -2.29. The molecule has 0 aromatic heterocycles. The maximum atomic E-state index is 12.4. The van der Waals surface area contributed by atoms with Gasteiger partial charge in [-0.1, -0.05) is 131 Å². The fourth-order valence-corrected chi connectivity index (χ4v) is 5.10. The zero-order valence-electron chi connectivity index (χ0n) is 32.0. The number of allylic oxidation sites excluding steroid dienone is 11. The predicted molar refractivity (Wildman–Crippen MR) is 211 cm³/mol. The topological polar surface area (TPSA) is 180 Å². The van der Waals surface area contributed by atoms with Gasteiger partial charge in [-0.15, -0.1) is 0 Å². The van der Waals surface area contributed by atoms with Gasteiger partial charge in [-0.25, -0.2) is 4.57 Å². The van der Waals surface area contributed by atoms with Gasteiger partial charge in [0, 0.05) is 12.8 Å². The van der Waals surface area contributed by atoms with Gasteiger partial charge in [0.15, 0.2) is 6.10 Å². The van der Waals surface area contributed by atoms with Crippen molar-refractivity contribution in [2.75, 3.05) is 13.2 Å². The van der Waals surface area contributed by atoms with Crippen molar-refractivity contribution in [3.63, 3.8) is 0 Å². The van der Waals surface area contributed by atoms with E-state index in [2.05, 4.69) is 35.8 Å². The van der Waals surface area contributed by atoms with Crippen LogP contribution in [-0.2, 0) is 28.2 Å². The highest BCUT2D eigenvalue weighted by Gasteiger charge is 2.23. The van der Waals surface area contributed by atoms with Gasteiger partial charge in [0.25, 0.3) is 0 Å². The van der Waals surface area contributed by atoms with Crippen LogP contribution >= 0.6 is 7.82 Å². The lowest BCUT2D eigenvalue weighted by atomic mass is 10.1. The number of aliphatic hydroxyl groups excluding tert-OH is 3. The molecule has 302 valence electrons. The van der Waals surface area contributed by atoms with Crippen molar-refractivity contribution in [3.05, 3.63) is 85.1 Å². The number of unbranched alkanes of at least 4 members (excludes halogenated alkanes) is 8. The Bertz CT molecular complexity index is 1180. The van der Waals surface area contributed by atoms with Crippen LogP contribution in [0.15, 0.2) is 85.1 Å². The Balaban J connectivity index is 4.36. The van der Waals surface area contributed by atoms with Crippen LogP contribution in [0.3, 0.4) is 0 Å². The number of phosphoric ester groups is 1. The third-order valence-electron chi connectivity index (χ3n) is 7.74. The molecule has 0 rings (SSSR count). The van der Waals surface area contributed by atoms with Crippen molar-refractivity contribution in [1.29, 1.82) is 0 Å². The molecule has 0 aliphatic heterocycles. The minimum atomic E-state index is -4.84. The Hall–Kier alpha value is -2.89. The van der Waals surface area contributed by atoms with Crippen LogP contribution in [0, 0.1) is 0 Å². The Morgan fingerprint density at radius 2 is 1.26 bits per heavy atom. The Kier molecular flexibility index (Phi) is 33.0. The molecular weight excluding hydrogens is 699 g/mol. The molecule has 0 aliphatic carbocycles. The van der Waals surface area contributed by atoms with Crippen molar-refractivity contribution in [3.8, 4) is 0 Å². The minimum Gasteiger partial charge on any atom is -0.462 e. The third-order valence-corrected chi connectivity index (χ3v) is 8.23. The van der Waals surface area contributed by atoms with E-state index < -0.39 is 57.4 Å². The Labute approximate surface area is 318 Å². The molecule has 0 heterocycles. The highest BCUT2D eigenvalue weighted by Crippen LogP contribution is 2.36. The summed E-state index contributed by atoms with van der Waals surface area (Å²) >= 11 is 0. The molecule has 0 saturated carbocycles. The van der Waals surface area contributed by atoms with E-state index in [-0.39, 0.29) is 25.7 Å². The zero-order valence-corrected chi connectivity index (χ0v) is 32.9. The van der Waals surface area contributed by atoms with E-state index in [0.29, 0.717) is 12.8 Å². The molecule has 0 spiro atoms. The average molecular weight is 767 g/mol. The Morgan fingerprint density at radius 3 is 1.92 bits per heavy atom. The number of ether oxygens (including phenoxy) is 2. The molecule has 53 heavy (non-hydrogen) atoms. The molecule has 0 unspecified atom stereocenters. The number of hydrogen-bond donors (Lipinski definition) is 5. The van der Waals surface area contributed by atoms with Gasteiger partial charge in [0.1, 0.15) is 6.61 Å². The summed E-state index contributed by atoms with van der Waals surface area (Å²) in [6, 6.07) is 0. The largest absolute Gasteiger partial charge is 0.469 e.